The Hall–Kier alpha value is -3.17. The number of aromatic hydroxyl groups is 5. The van der Waals surface area contributed by atoms with Crippen molar-refractivity contribution in [1.82, 2.24) is 0 Å². The van der Waals surface area contributed by atoms with Crippen LogP contribution in [0.25, 0.3) is 0 Å². The van der Waals surface area contributed by atoms with Crippen molar-refractivity contribution in [3.05, 3.63) is 35.4 Å². The number of benzene rings is 2. The SMILES string of the molecule is CCO.O=C1c2c(O)cc(O)cc2O[C@H](c2cc(O)c(O)c(O)c2)[C@H]1O. The second-order valence-electron chi connectivity index (χ2n) is 5.41. The van der Waals surface area contributed by atoms with Crippen molar-refractivity contribution in [2.75, 3.05) is 6.61 Å². The number of Topliss-reactive ketones (excluding diaryl/α,β-unsaturated/α-hetero) is 1. The lowest BCUT2D eigenvalue weighted by molar-refractivity contribution is 0.0209. The Bertz CT molecular complexity index is 808. The summed E-state index contributed by atoms with van der Waals surface area (Å²) in [6, 6.07) is 4.06. The molecule has 1 aliphatic rings. The van der Waals surface area contributed by atoms with Crippen LogP contribution in [-0.2, 0) is 0 Å². The Labute approximate surface area is 147 Å². The molecular weight excluding hydrogens is 348 g/mol. The second kappa shape index (κ2) is 7.38. The molecule has 140 valence electrons. The maximum absolute atomic E-state index is 12.2. The minimum atomic E-state index is -1.72. The average molecular weight is 366 g/mol. The Morgan fingerprint density at radius 1 is 0.962 bits per heavy atom. The van der Waals surface area contributed by atoms with E-state index in [0.717, 1.165) is 24.3 Å². The van der Waals surface area contributed by atoms with Gasteiger partial charge >= 0.3 is 0 Å². The first-order valence-corrected chi connectivity index (χ1v) is 7.51. The third-order valence-corrected chi connectivity index (χ3v) is 3.54. The van der Waals surface area contributed by atoms with Gasteiger partial charge in [0.2, 0.25) is 5.78 Å². The van der Waals surface area contributed by atoms with Gasteiger partial charge in [0, 0.05) is 24.3 Å². The summed E-state index contributed by atoms with van der Waals surface area (Å²) in [5.41, 5.74) is -0.258. The molecule has 2 aromatic rings. The van der Waals surface area contributed by atoms with Gasteiger partial charge in [-0.25, -0.2) is 0 Å². The first kappa shape index (κ1) is 19.2. The third-order valence-electron chi connectivity index (χ3n) is 3.54. The number of fused-ring (bicyclic) bond motifs is 1. The number of carbonyl (C=O) groups excluding carboxylic acids is 1. The molecule has 1 heterocycles. The number of phenols is 5. The van der Waals surface area contributed by atoms with Crippen molar-refractivity contribution in [3.8, 4) is 34.5 Å². The Morgan fingerprint density at radius 2 is 1.50 bits per heavy atom. The zero-order valence-corrected chi connectivity index (χ0v) is 13.6. The van der Waals surface area contributed by atoms with E-state index >= 15 is 0 Å². The molecule has 2 atom stereocenters. The normalized spacial score (nSPS) is 18.3. The fraction of sp³-hybridized carbons (Fsp3) is 0.235. The summed E-state index contributed by atoms with van der Waals surface area (Å²) in [5.74, 6) is -3.96. The van der Waals surface area contributed by atoms with Gasteiger partial charge in [0.05, 0.1) is 0 Å². The topological polar surface area (TPSA) is 168 Å². The number of carbonyl (C=O) groups is 1. The first-order valence-electron chi connectivity index (χ1n) is 7.51. The maximum Gasteiger partial charge on any atom is 0.202 e. The van der Waals surface area contributed by atoms with Gasteiger partial charge in [-0.2, -0.15) is 0 Å². The Morgan fingerprint density at radius 3 is 2.04 bits per heavy atom. The molecule has 2 aromatic carbocycles. The second-order valence-corrected chi connectivity index (χ2v) is 5.41. The lowest BCUT2D eigenvalue weighted by atomic mass is 9.92. The predicted octanol–water partition coefficient (Wildman–Crippen LogP) is 0.890. The van der Waals surface area contributed by atoms with E-state index in [0.29, 0.717) is 0 Å². The van der Waals surface area contributed by atoms with Crippen LogP contribution < -0.4 is 4.74 Å². The van der Waals surface area contributed by atoms with Gasteiger partial charge in [0.15, 0.2) is 29.5 Å². The zero-order chi connectivity index (χ0) is 19.6. The van der Waals surface area contributed by atoms with Crippen LogP contribution in [0, 0.1) is 0 Å². The summed E-state index contributed by atoms with van der Waals surface area (Å²) in [5, 5.41) is 65.3. The lowest BCUT2D eigenvalue weighted by Gasteiger charge is -2.30. The highest BCUT2D eigenvalue weighted by atomic mass is 16.5. The summed E-state index contributed by atoms with van der Waals surface area (Å²) in [7, 11) is 0. The van der Waals surface area contributed by atoms with Gasteiger partial charge in [-0.3, -0.25) is 4.79 Å². The molecule has 0 bridgehead atoms. The highest BCUT2D eigenvalue weighted by Crippen LogP contribution is 2.44. The Kier molecular flexibility index (Phi) is 5.44. The molecule has 0 spiro atoms. The molecule has 0 aromatic heterocycles. The average Bonchev–Trinajstić information content (AvgIpc) is 2.55. The molecule has 9 heteroatoms. The third kappa shape index (κ3) is 3.44. The number of ether oxygens (including phenoxy) is 1. The molecule has 0 radical (unpaired) electrons. The van der Waals surface area contributed by atoms with Crippen LogP contribution in [0.4, 0.5) is 0 Å². The zero-order valence-electron chi connectivity index (χ0n) is 13.6. The van der Waals surface area contributed by atoms with Gasteiger partial charge in [-0.1, -0.05) is 0 Å². The van der Waals surface area contributed by atoms with Crippen molar-refractivity contribution >= 4 is 5.78 Å². The van der Waals surface area contributed by atoms with E-state index in [1.165, 1.54) is 0 Å². The number of hydrogen-bond donors (Lipinski definition) is 7. The van der Waals surface area contributed by atoms with E-state index in [1.807, 2.05) is 0 Å². The molecule has 0 amide bonds. The number of rotatable bonds is 1. The quantitative estimate of drug-likeness (QED) is 0.362. The summed E-state index contributed by atoms with van der Waals surface area (Å²) in [6.45, 7) is 1.93. The molecular formula is C17H18O9. The number of ketones is 1. The van der Waals surface area contributed by atoms with Crippen molar-refractivity contribution < 1.29 is 45.3 Å². The van der Waals surface area contributed by atoms with Crippen LogP contribution in [-0.4, -0.2) is 54.2 Å². The highest BCUT2D eigenvalue weighted by Gasteiger charge is 2.39. The Balaban J connectivity index is 0.000000758. The van der Waals surface area contributed by atoms with E-state index < -0.39 is 41.0 Å². The van der Waals surface area contributed by atoms with E-state index in [9.17, 15) is 35.4 Å². The van der Waals surface area contributed by atoms with E-state index in [1.54, 1.807) is 6.92 Å². The van der Waals surface area contributed by atoms with E-state index in [2.05, 4.69) is 0 Å². The molecule has 0 saturated heterocycles. The first-order chi connectivity index (χ1) is 12.2. The van der Waals surface area contributed by atoms with Crippen LogP contribution in [0.3, 0.4) is 0 Å². The van der Waals surface area contributed by atoms with Gasteiger partial charge in [0.1, 0.15) is 22.8 Å². The minimum absolute atomic E-state index is 0.0205. The molecule has 0 saturated carbocycles. The molecule has 7 N–H and O–H groups in total. The summed E-state index contributed by atoms with van der Waals surface area (Å²) >= 11 is 0. The van der Waals surface area contributed by atoms with Crippen molar-refractivity contribution in [2.24, 2.45) is 0 Å². The summed E-state index contributed by atoms with van der Waals surface area (Å²) in [6.07, 6.45) is -3.03. The molecule has 0 unspecified atom stereocenters. The van der Waals surface area contributed by atoms with Crippen LogP contribution in [0.15, 0.2) is 24.3 Å². The summed E-state index contributed by atoms with van der Waals surface area (Å²) < 4.78 is 5.42. The van der Waals surface area contributed by atoms with Crippen LogP contribution in [0.2, 0.25) is 0 Å². The highest BCUT2D eigenvalue weighted by molar-refractivity contribution is 6.05. The fourth-order valence-electron chi connectivity index (χ4n) is 2.45. The number of aliphatic hydroxyl groups is 2. The smallest absolute Gasteiger partial charge is 0.202 e. The fourth-order valence-corrected chi connectivity index (χ4v) is 2.45. The molecule has 9 nitrogen and oxygen atoms in total. The van der Waals surface area contributed by atoms with Crippen LogP contribution in [0.1, 0.15) is 28.9 Å². The lowest BCUT2D eigenvalue weighted by Crippen LogP contribution is -2.36. The standard InChI is InChI=1S/C15H12O8.C2H6O/c16-6-3-7(17)11-10(4-6)23-15(14(22)13(11)21)5-1-8(18)12(20)9(19)2-5;1-2-3/h1-4,14-20,22H;3H,2H2,1H3/t14-,15+;/m0./s1. The molecule has 3 rings (SSSR count). The molecule has 0 aliphatic carbocycles. The van der Waals surface area contributed by atoms with Crippen molar-refractivity contribution in [3.63, 3.8) is 0 Å². The van der Waals surface area contributed by atoms with Crippen LogP contribution >= 0.6 is 0 Å². The number of aliphatic hydroxyl groups excluding tert-OH is 2. The molecule has 0 fully saturated rings. The maximum atomic E-state index is 12.2. The number of phenolic OH excluding ortho intramolecular Hbond substituents is 5. The monoisotopic (exact) mass is 366 g/mol. The summed E-state index contributed by atoms with van der Waals surface area (Å²) in [4.78, 5) is 12.2. The molecule has 26 heavy (non-hydrogen) atoms. The van der Waals surface area contributed by atoms with E-state index in [4.69, 9.17) is 9.84 Å². The number of hydrogen-bond acceptors (Lipinski definition) is 9. The van der Waals surface area contributed by atoms with Gasteiger partial charge in [0.25, 0.3) is 0 Å². The van der Waals surface area contributed by atoms with E-state index in [-0.39, 0.29) is 29.2 Å². The van der Waals surface area contributed by atoms with Crippen LogP contribution in [0.5, 0.6) is 34.5 Å². The molecule has 1 aliphatic heterocycles. The minimum Gasteiger partial charge on any atom is -0.508 e. The van der Waals surface area contributed by atoms with Gasteiger partial charge in [-0.05, 0) is 19.1 Å². The van der Waals surface area contributed by atoms with Gasteiger partial charge < -0.3 is 40.5 Å². The predicted molar refractivity (Wildman–Crippen MR) is 87.7 cm³/mol. The van der Waals surface area contributed by atoms with Crippen molar-refractivity contribution in [1.29, 1.82) is 0 Å². The van der Waals surface area contributed by atoms with Gasteiger partial charge in [-0.15, -0.1) is 0 Å². The largest absolute Gasteiger partial charge is 0.508 e. The van der Waals surface area contributed by atoms with Crippen molar-refractivity contribution in [2.45, 2.75) is 19.1 Å².